The number of carbonyl (C=O) groups is 1. The van der Waals surface area contributed by atoms with E-state index >= 15 is 0 Å². The van der Waals surface area contributed by atoms with Gasteiger partial charge in [0.05, 0.1) is 13.2 Å². The molecule has 1 atom stereocenters. The van der Waals surface area contributed by atoms with Crippen LogP contribution in [0.5, 0.6) is 0 Å². The van der Waals surface area contributed by atoms with Gasteiger partial charge in [-0.3, -0.25) is 4.79 Å². The average molecular weight is 322 g/mol. The summed E-state index contributed by atoms with van der Waals surface area (Å²) < 4.78 is 4.58. The van der Waals surface area contributed by atoms with E-state index in [1.807, 2.05) is 6.08 Å². The molecular weight excluding hydrogens is 288 g/mol. The highest BCUT2D eigenvalue weighted by atomic mass is 16.5. The lowest BCUT2D eigenvalue weighted by molar-refractivity contribution is -0.140. The first-order valence-electron chi connectivity index (χ1n) is 8.56. The van der Waals surface area contributed by atoms with Crippen LogP contribution < -0.4 is 0 Å². The molecule has 0 heterocycles. The van der Waals surface area contributed by atoms with Crippen molar-refractivity contribution in [2.45, 2.75) is 78.7 Å². The second-order valence-corrected chi connectivity index (χ2v) is 6.46. The molecule has 23 heavy (non-hydrogen) atoms. The van der Waals surface area contributed by atoms with Crippen molar-refractivity contribution < 1.29 is 14.6 Å². The average Bonchev–Trinajstić information content (AvgIpc) is 2.46. The third-order valence-electron chi connectivity index (χ3n) is 3.71. The van der Waals surface area contributed by atoms with E-state index in [0.29, 0.717) is 19.3 Å². The number of aliphatic hydroxyl groups is 1. The van der Waals surface area contributed by atoms with Crippen LogP contribution in [0.4, 0.5) is 0 Å². The Bertz CT molecular complexity index is 426. The van der Waals surface area contributed by atoms with Crippen LogP contribution in [0, 0.1) is 0 Å². The molecule has 0 fully saturated rings. The Morgan fingerprint density at radius 1 is 1.00 bits per heavy atom. The van der Waals surface area contributed by atoms with Gasteiger partial charge in [0.15, 0.2) is 0 Å². The highest BCUT2D eigenvalue weighted by Gasteiger charge is 2.04. The zero-order chi connectivity index (χ0) is 17.7. The van der Waals surface area contributed by atoms with Crippen molar-refractivity contribution in [3.63, 3.8) is 0 Å². The maximum Gasteiger partial charge on any atom is 0.305 e. The van der Waals surface area contributed by atoms with Crippen LogP contribution in [0.3, 0.4) is 0 Å². The minimum Gasteiger partial charge on any atom is -0.469 e. The van der Waals surface area contributed by atoms with Gasteiger partial charge < -0.3 is 9.84 Å². The molecule has 0 aromatic heterocycles. The Morgan fingerprint density at radius 2 is 1.61 bits per heavy atom. The highest BCUT2D eigenvalue weighted by Crippen LogP contribution is 2.13. The van der Waals surface area contributed by atoms with Gasteiger partial charge >= 0.3 is 5.97 Å². The second-order valence-electron chi connectivity index (χ2n) is 6.46. The zero-order valence-electron chi connectivity index (χ0n) is 15.5. The number of carbonyl (C=O) groups excluding carboxylic acids is 1. The minimum atomic E-state index is -0.470. The summed E-state index contributed by atoms with van der Waals surface area (Å²) in [5.41, 5.74) is 4.00. The highest BCUT2D eigenvalue weighted by molar-refractivity contribution is 5.68. The van der Waals surface area contributed by atoms with Crippen molar-refractivity contribution in [2.24, 2.45) is 0 Å². The number of ether oxygens (including phenoxy) is 1. The SMILES string of the molecule is COC(=O)CCCC(O)/C=C(\C)CC/C=C(\C)CCC=C(C)C. The Morgan fingerprint density at radius 3 is 2.22 bits per heavy atom. The fraction of sp³-hybridized carbons (Fsp3) is 0.650. The second kappa shape index (κ2) is 13.1. The monoisotopic (exact) mass is 322 g/mol. The first-order valence-corrected chi connectivity index (χ1v) is 8.56. The molecule has 132 valence electrons. The molecular formula is C20H34O3. The summed E-state index contributed by atoms with van der Waals surface area (Å²) >= 11 is 0. The Hall–Kier alpha value is -1.35. The Labute approximate surface area is 142 Å². The summed E-state index contributed by atoms with van der Waals surface area (Å²) in [6, 6.07) is 0. The number of rotatable bonds is 11. The number of hydrogen-bond acceptors (Lipinski definition) is 3. The van der Waals surface area contributed by atoms with Crippen LogP contribution in [0.2, 0.25) is 0 Å². The van der Waals surface area contributed by atoms with Gasteiger partial charge in [0.1, 0.15) is 0 Å². The van der Waals surface area contributed by atoms with Crippen molar-refractivity contribution in [2.75, 3.05) is 7.11 Å². The zero-order valence-corrected chi connectivity index (χ0v) is 15.5. The van der Waals surface area contributed by atoms with Crippen molar-refractivity contribution in [3.8, 4) is 0 Å². The van der Waals surface area contributed by atoms with E-state index in [4.69, 9.17) is 0 Å². The minimum absolute atomic E-state index is 0.216. The molecule has 0 spiro atoms. The molecule has 0 saturated heterocycles. The molecule has 0 aliphatic heterocycles. The topological polar surface area (TPSA) is 46.5 Å². The maximum atomic E-state index is 11.0. The fourth-order valence-electron chi connectivity index (χ4n) is 2.29. The van der Waals surface area contributed by atoms with E-state index in [2.05, 4.69) is 44.6 Å². The first-order chi connectivity index (χ1) is 10.8. The predicted octanol–water partition coefficient (Wildman–Crippen LogP) is 5.11. The number of allylic oxidation sites excluding steroid dienone is 5. The van der Waals surface area contributed by atoms with E-state index in [1.54, 1.807) is 0 Å². The summed E-state index contributed by atoms with van der Waals surface area (Å²) in [6.07, 6.45) is 11.8. The van der Waals surface area contributed by atoms with Gasteiger partial charge in [-0.25, -0.2) is 0 Å². The van der Waals surface area contributed by atoms with Gasteiger partial charge in [-0.05, 0) is 66.2 Å². The van der Waals surface area contributed by atoms with Gasteiger partial charge in [-0.1, -0.05) is 34.9 Å². The molecule has 3 heteroatoms. The Balaban J connectivity index is 4.00. The third-order valence-corrected chi connectivity index (χ3v) is 3.71. The lowest BCUT2D eigenvalue weighted by Gasteiger charge is -2.07. The number of hydrogen-bond donors (Lipinski definition) is 1. The van der Waals surface area contributed by atoms with Gasteiger partial charge in [0, 0.05) is 6.42 Å². The van der Waals surface area contributed by atoms with Crippen LogP contribution in [0.25, 0.3) is 0 Å². The van der Waals surface area contributed by atoms with Crippen molar-refractivity contribution >= 4 is 5.97 Å². The molecule has 0 saturated carbocycles. The van der Waals surface area contributed by atoms with E-state index in [9.17, 15) is 9.90 Å². The van der Waals surface area contributed by atoms with Gasteiger partial charge in [0.2, 0.25) is 0 Å². The molecule has 0 amide bonds. The van der Waals surface area contributed by atoms with Crippen LogP contribution in [-0.2, 0) is 9.53 Å². The molecule has 0 aromatic carbocycles. The maximum absolute atomic E-state index is 11.0. The summed E-state index contributed by atoms with van der Waals surface area (Å²) in [5, 5.41) is 9.93. The molecule has 0 bridgehead atoms. The molecule has 1 unspecified atom stereocenters. The molecule has 0 aliphatic rings. The third kappa shape index (κ3) is 14.0. The number of aliphatic hydroxyl groups excluding tert-OH is 1. The lowest BCUT2D eigenvalue weighted by Crippen LogP contribution is -2.06. The van der Waals surface area contributed by atoms with Crippen LogP contribution in [0.1, 0.15) is 72.6 Å². The van der Waals surface area contributed by atoms with E-state index in [0.717, 1.165) is 25.7 Å². The van der Waals surface area contributed by atoms with Gasteiger partial charge in [0.25, 0.3) is 0 Å². The quantitative estimate of drug-likeness (QED) is 0.425. The normalized spacial score (nSPS) is 13.7. The largest absolute Gasteiger partial charge is 0.469 e. The number of methoxy groups -OCH3 is 1. The summed E-state index contributed by atoms with van der Waals surface area (Å²) in [5.74, 6) is -0.216. The Kier molecular flexibility index (Phi) is 12.4. The predicted molar refractivity (Wildman–Crippen MR) is 97.3 cm³/mol. The molecule has 0 rings (SSSR count). The lowest BCUT2D eigenvalue weighted by atomic mass is 10.0. The van der Waals surface area contributed by atoms with E-state index in [1.165, 1.54) is 23.8 Å². The van der Waals surface area contributed by atoms with Gasteiger partial charge in [-0.15, -0.1) is 0 Å². The number of esters is 1. The standard InChI is InChI=1S/C20H34O3/c1-16(2)9-6-10-17(3)11-7-12-18(4)15-19(21)13-8-14-20(22)23-5/h9,11,15,19,21H,6-8,10,12-14H2,1-5H3/b17-11+,18-15+. The van der Waals surface area contributed by atoms with Crippen LogP contribution >= 0.6 is 0 Å². The summed E-state index contributed by atoms with van der Waals surface area (Å²) in [4.78, 5) is 11.0. The van der Waals surface area contributed by atoms with Crippen molar-refractivity contribution in [1.82, 2.24) is 0 Å². The molecule has 0 radical (unpaired) electrons. The molecule has 3 nitrogen and oxygen atoms in total. The van der Waals surface area contributed by atoms with E-state index in [-0.39, 0.29) is 5.97 Å². The molecule has 0 aliphatic carbocycles. The van der Waals surface area contributed by atoms with Crippen LogP contribution in [0.15, 0.2) is 34.9 Å². The van der Waals surface area contributed by atoms with Crippen LogP contribution in [-0.4, -0.2) is 24.3 Å². The summed E-state index contributed by atoms with van der Waals surface area (Å²) in [6.45, 7) is 8.49. The van der Waals surface area contributed by atoms with Gasteiger partial charge in [-0.2, -0.15) is 0 Å². The smallest absolute Gasteiger partial charge is 0.305 e. The first kappa shape index (κ1) is 21.6. The van der Waals surface area contributed by atoms with E-state index < -0.39 is 6.10 Å². The summed E-state index contributed by atoms with van der Waals surface area (Å²) in [7, 11) is 1.39. The van der Waals surface area contributed by atoms with Crippen molar-refractivity contribution in [3.05, 3.63) is 34.9 Å². The fourth-order valence-corrected chi connectivity index (χ4v) is 2.29. The van der Waals surface area contributed by atoms with Crippen molar-refractivity contribution in [1.29, 1.82) is 0 Å². The molecule has 1 N–H and O–H groups in total. The molecule has 0 aromatic rings.